The minimum absolute atomic E-state index is 1.34. The van der Waals surface area contributed by atoms with E-state index in [4.69, 9.17) is 0 Å². The molecule has 0 aliphatic carbocycles. The summed E-state index contributed by atoms with van der Waals surface area (Å²) < 4.78 is 0. The molecule has 0 unspecified atom stereocenters. The van der Waals surface area contributed by atoms with Crippen LogP contribution in [0.2, 0.25) is 12.6 Å². The Morgan fingerprint density at radius 2 is 1.18 bits per heavy atom. The van der Waals surface area contributed by atoms with Gasteiger partial charge in [0.2, 0.25) is 0 Å². The van der Waals surface area contributed by atoms with Gasteiger partial charge in [-0.15, -0.1) is 0 Å². The van der Waals surface area contributed by atoms with Gasteiger partial charge in [0.25, 0.3) is 0 Å². The normalized spacial score (nSPS) is 14.6. The summed E-state index contributed by atoms with van der Waals surface area (Å²) in [6.45, 7) is 4.88. The number of benzene rings is 2. The average molecular weight is 309 g/mol. The van der Waals surface area contributed by atoms with Crippen LogP contribution in [-0.4, -0.2) is 8.07 Å². The Bertz CT molecular complexity index is 584. The zero-order valence-electron chi connectivity index (χ0n) is 14.1. The summed E-state index contributed by atoms with van der Waals surface area (Å²) in [5, 5.41) is 3.34. The van der Waals surface area contributed by atoms with Gasteiger partial charge in [-0.1, -0.05) is 101 Å². The molecule has 0 aromatic heterocycles. The van der Waals surface area contributed by atoms with Gasteiger partial charge >= 0.3 is 0 Å². The van der Waals surface area contributed by atoms with Crippen LogP contribution in [0.4, 0.5) is 0 Å². The van der Waals surface area contributed by atoms with Gasteiger partial charge in [0, 0.05) is 0 Å². The van der Waals surface area contributed by atoms with Crippen molar-refractivity contribution in [1.82, 2.24) is 0 Å². The highest BCUT2D eigenvalue weighted by atomic mass is 28.3. The molecule has 0 N–H and O–H groups in total. The van der Waals surface area contributed by atoms with Gasteiger partial charge in [-0.25, -0.2) is 0 Å². The fraction of sp³-hybridized carbons (Fsp3) is 0.429. The van der Waals surface area contributed by atoms with E-state index in [1.807, 2.05) is 0 Å². The molecule has 116 valence electrons. The smallest absolute Gasteiger partial charge is 0.0654 e. The molecule has 0 fully saturated rings. The van der Waals surface area contributed by atoms with Crippen LogP contribution in [0, 0.1) is 0 Å². The largest absolute Gasteiger partial charge is 0.116 e. The van der Waals surface area contributed by atoms with E-state index in [1.165, 1.54) is 55.7 Å². The summed E-state index contributed by atoms with van der Waals surface area (Å²) in [6.07, 6.45) is 8.39. The van der Waals surface area contributed by atoms with Crippen molar-refractivity contribution in [2.24, 2.45) is 0 Å². The van der Waals surface area contributed by atoms with Crippen molar-refractivity contribution in [3.8, 4) is 11.1 Å². The number of unbranched alkanes of at least 4 members (excludes halogenated alkanes) is 5. The van der Waals surface area contributed by atoms with Crippen molar-refractivity contribution in [2.75, 3.05) is 0 Å². The molecule has 1 heteroatoms. The Morgan fingerprint density at radius 3 is 1.77 bits per heavy atom. The van der Waals surface area contributed by atoms with E-state index in [2.05, 4.69) is 62.0 Å². The molecule has 0 atom stereocenters. The van der Waals surface area contributed by atoms with Crippen molar-refractivity contribution in [3.63, 3.8) is 0 Å². The predicted molar refractivity (Wildman–Crippen MR) is 101 cm³/mol. The van der Waals surface area contributed by atoms with E-state index >= 15 is 0 Å². The van der Waals surface area contributed by atoms with E-state index in [-0.39, 0.29) is 0 Å². The molecule has 3 rings (SSSR count). The fourth-order valence-corrected chi connectivity index (χ4v) is 8.41. The Labute approximate surface area is 136 Å². The lowest BCUT2D eigenvalue weighted by molar-refractivity contribution is 0.623. The SMILES string of the molecule is CCCCCCCC[Si]1(C)c2ccccc2-c2ccccc21. The topological polar surface area (TPSA) is 0 Å². The molecular weight excluding hydrogens is 280 g/mol. The maximum Gasteiger partial charge on any atom is 0.116 e. The summed E-state index contributed by atoms with van der Waals surface area (Å²) in [5.74, 6) is 0. The van der Waals surface area contributed by atoms with Crippen molar-refractivity contribution >= 4 is 18.4 Å². The molecule has 0 saturated carbocycles. The molecule has 1 aliphatic rings. The first kappa shape index (κ1) is 15.5. The molecule has 0 amide bonds. The molecule has 1 aliphatic heterocycles. The lowest BCUT2D eigenvalue weighted by Gasteiger charge is -2.25. The van der Waals surface area contributed by atoms with Crippen LogP contribution in [0.5, 0.6) is 0 Å². The minimum Gasteiger partial charge on any atom is -0.0654 e. The van der Waals surface area contributed by atoms with Gasteiger partial charge in [0.1, 0.15) is 8.07 Å². The summed E-state index contributed by atoms with van der Waals surface area (Å²) in [5.41, 5.74) is 3.02. The van der Waals surface area contributed by atoms with Gasteiger partial charge in [0.05, 0.1) is 0 Å². The first-order valence-corrected chi connectivity index (χ1v) is 11.7. The Morgan fingerprint density at radius 1 is 0.682 bits per heavy atom. The Balaban J connectivity index is 1.77. The second kappa shape index (κ2) is 6.83. The van der Waals surface area contributed by atoms with E-state index in [1.54, 1.807) is 10.4 Å². The van der Waals surface area contributed by atoms with Gasteiger partial charge in [0.15, 0.2) is 0 Å². The van der Waals surface area contributed by atoms with Gasteiger partial charge in [-0.3, -0.25) is 0 Å². The first-order chi connectivity index (χ1) is 10.8. The van der Waals surface area contributed by atoms with Crippen molar-refractivity contribution in [2.45, 2.75) is 58.0 Å². The second-order valence-corrected chi connectivity index (χ2v) is 11.2. The van der Waals surface area contributed by atoms with E-state index in [9.17, 15) is 0 Å². The number of hydrogen-bond donors (Lipinski definition) is 0. The monoisotopic (exact) mass is 308 g/mol. The molecule has 2 aromatic rings. The highest BCUT2D eigenvalue weighted by molar-refractivity contribution is 7.04. The highest BCUT2D eigenvalue weighted by Crippen LogP contribution is 2.31. The lowest BCUT2D eigenvalue weighted by atomic mass is 10.1. The zero-order valence-corrected chi connectivity index (χ0v) is 15.1. The lowest BCUT2D eigenvalue weighted by Crippen LogP contribution is -2.52. The first-order valence-electron chi connectivity index (χ1n) is 8.97. The maximum atomic E-state index is 2.59. The third-order valence-corrected chi connectivity index (χ3v) is 9.97. The summed E-state index contributed by atoms with van der Waals surface area (Å²) in [7, 11) is -1.50. The standard InChI is InChI=1S/C21H28Si/c1-3-4-5-6-7-12-17-22(2)20-15-10-8-13-18(20)19-14-9-11-16-21(19)22/h8-11,13-16H,3-7,12,17H2,1-2H3. The van der Waals surface area contributed by atoms with Crippen LogP contribution in [0.25, 0.3) is 11.1 Å². The van der Waals surface area contributed by atoms with E-state index in [0.717, 1.165) is 0 Å². The number of rotatable bonds is 7. The molecule has 0 bridgehead atoms. The Hall–Kier alpha value is -1.34. The van der Waals surface area contributed by atoms with Gasteiger partial charge in [-0.05, 0) is 27.5 Å². The highest BCUT2D eigenvalue weighted by Gasteiger charge is 2.40. The van der Waals surface area contributed by atoms with Crippen molar-refractivity contribution < 1.29 is 0 Å². The Kier molecular flexibility index (Phi) is 4.83. The van der Waals surface area contributed by atoms with Gasteiger partial charge in [-0.2, -0.15) is 0 Å². The molecule has 0 nitrogen and oxygen atoms in total. The zero-order chi connectivity index (χ0) is 15.4. The van der Waals surface area contributed by atoms with Crippen LogP contribution in [0.1, 0.15) is 45.4 Å². The quantitative estimate of drug-likeness (QED) is 0.486. The molecule has 0 radical (unpaired) electrons. The van der Waals surface area contributed by atoms with Gasteiger partial charge < -0.3 is 0 Å². The number of fused-ring (bicyclic) bond motifs is 3. The molecule has 0 spiro atoms. The molecule has 22 heavy (non-hydrogen) atoms. The third-order valence-electron chi connectivity index (χ3n) is 5.36. The van der Waals surface area contributed by atoms with Crippen LogP contribution in [-0.2, 0) is 0 Å². The van der Waals surface area contributed by atoms with Crippen molar-refractivity contribution in [1.29, 1.82) is 0 Å². The molecule has 2 aromatic carbocycles. The van der Waals surface area contributed by atoms with E-state index < -0.39 is 8.07 Å². The number of hydrogen-bond acceptors (Lipinski definition) is 0. The third kappa shape index (κ3) is 2.79. The summed E-state index contributed by atoms with van der Waals surface area (Å²) in [6, 6.07) is 19.7. The van der Waals surface area contributed by atoms with Crippen LogP contribution >= 0.6 is 0 Å². The van der Waals surface area contributed by atoms with E-state index in [0.29, 0.717) is 0 Å². The average Bonchev–Trinajstić information content (AvgIpc) is 2.82. The van der Waals surface area contributed by atoms with Crippen LogP contribution < -0.4 is 10.4 Å². The molecule has 0 saturated heterocycles. The summed E-state index contributed by atoms with van der Waals surface area (Å²) >= 11 is 0. The van der Waals surface area contributed by atoms with Crippen LogP contribution in [0.15, 0.2) is 48.5 Å². The summed E-state index contributed by atoms with van der Waals surface area (Å²) in [4.78, 5) is 0. The van der Waals surface area contributed by atoms with Crippen molar-refractivity contribution in [3.05, 3.63) is 48.5 Å². The second-order valence-electron chi connectivity index (χ2n) is 6.94. The minimum atomic E-state index is -1.50. The molecule has 1 heterocycles. The van der Waals surface area contributed by atoms with Crippen LogP contribution in [0.3, 0.4) is 0 Å². The maximum absolute atomic E-state index is 2.59. The molecular formula is C21H28Si. The fourth-order valence-electron chi connectivity index (χ4n) is 4.07. The predicted octanol–water partition coefficient (Wildman–Crippen LogP) is 5.22.